The van der Waals surface area contributed by atoms with Crippen LogP contribution in [0, 0.1) is 3.57 Å². The minimum atomic E-state index is -0.480. The van der Waals surface area contributed by atoms with Gasteiger partial charge < -0.3 is 20.1 Å². The average molecular weight is 454 g/mol. The van der Waals surface area contributed by atoms with Gasteiger partial charge in [0.15, 0.2) is 6.61 Å². The molecule has 0 radical (unpaired) electrons. The molecule has 0 fully saturated rings. The number of ether oxygens (including phenoxy) is 2. The fourth-order valence-electron chi connectivity index (χ4n) is 2.23. The summed E-state index contributed by atoms with van der Waals surface area (Å²) in [5.41, 5.74) is 5.81. The number of amides is 2. The molecule has 0 atom stereocenters. The number of halogens is 1. The van der Waals surface area contributed by atoms with Crippen LogP contribution >= 0.6 is 22.6 Å². The number of rotatable bonds is 8. The Balaban J connectivity index is 2.18. The van der Waals surface area contributed by atoms with E-state index in [4.69, 9.17) is 15.2 Å². The maximum absolute atomic E-state index is 12.7. The third kappa shape index (κ3) is 5.35. The van der Waals surface area contributed by atoms with Gasteiger partial charge in [0.1, 0.15) is 11.5 Å². The van der Waals surface area contributed by atoms with Crippen molar-refractivity contribution in [2.75, 3.05) is 25.2 Å². The van der Waals surface area contributed by atoms with Gasteiger partial charge in [-0.25, -0.2) is 0 Å². The minimum absolute atomic E-state index is 0.0483. The third-order valence-corrected chi connectivity index (χ3v) is 4.34. The van der Waals surface area contributed by atoms with Crippen molar-refractivity contribution >= 4 is 40.1 Å². The molecule has 2 rings (SSSR count). The lowest BCUT2D eigenvalue weighted by Crippen LogP contribution is -2.37. The molecule has 2 amide bonds. The Morgan fingerprint density at radius 2 is 1.72 bits per heavy atom. The molecule has 132 valence electrons. The van der Waals surface area contributed by atoms with Gasteiger partial charge in [-0.3, -0.25) is 9.59 Å². The molecular weight excluding hydrogens is 435 g/mol. The van der Waals surface area contributed by atoms with Gasteiger partial charge in [0.05, 0.1) is 16.4 Å². The number of carbonyl (C=O) groups is 2. The summed E-state index contributed by atoms with van der Waals surface area (Å²) in [6, 6.07) is 14.5. The van der Waals surface area contributed by atoms with E-state index >= 15 is 0 Å². The maximum atomic E-state index is 12.7. The second-order valence-corrected chi connectivity index (χ2v) is 6.31. The van der Waals surface area contributed by atoms with Crippen molar-refractivity contribution in [3.8, 4) is 11.5 Å². The SMILES string of the molecule is COc1ccccc1N(CCC(N)=O)C(=O)COc1ccccc1I. The van der Waals surface area contributed by atoms with E-state index in [0.29, 0.717) is 17.2 Å². The number of methoxy groups -OCH3 is 1. The monoisotopic (exact) mass is 454 g/mol. The van der Waals surface area contributed by atoms with Crippen molar-refractivity contribution in [3.63, 3.8) is 0 Å². The molecule has 0 spiro atoms. The molecule has 2 aromatic rings. The molecule has 7 heteroatoms. The first-order valence-corrected chi connectivity index (χ1v) is 8.70. The third-order valence-electron chi connectivity index (χ3n) is 3.45. The van der Waals surface area contributed by atoms with E-state index in [2.05, 4.69) is 22.6 Å². The molecule has 2 N–H and O–H groups in total. The minimum Gasteiger partial charge on any atom is -0.495 e. The lowest BCUT2D eigenvalue weighted by molar-refractivity contribution is -0.120. The Labute approximate surface area is 160 Å². The van der Waals surface area contributed by atoms with E-state index in [-0.39, 0.29) is 25.5 Å². The van der Waals surface area contributed by atoms with Crippen LogP contribution in [0.4, 0.5) is 5.69 Å². The average Bonchev–Trinajstić information content (AvgIpc) is 2.61. The predicted molar refractivity (Wildman–Crippen MR) is 104 cm³/mol. The highest BCUT2D eigenvalue weighted by atomic mass is 127. The van der Waals surface area contributed by atoms with Crippen LogP contribution in [0.5, 0.6) is 11.5 Å². The fraction of sp³-hybridized carbons (Fsp3) is 0.222. The smallest absolute Gasteiger partial charge is 0.265 e. The first kappa shape index (κ1) is 19.0. The van der Waals surface area contributed by atoms with Crippen LogP contribution in [0.25, 0.3) is 0 Å². The second kappa shape index (κ2) is 9.26. The molecule has 0 aromatic heterocycles. The zero-order chi connectivity index (χ0) is 18.2. The Hall–Kier alpha value is -2.29. The van der Waals surface area contributed by atoms with Crippen LogP contribution in [-0.4, -0.2) is 32.1 Å². The van der Waals surface area contributed by atoms with Crippen LogP contribution in [0.15, 0.2) is 48.5 Å². The molecule has 0 aliphatic rings. The van der Waals surface area contributed by atoms with Gasteiger partial charge in [-0.1, -0.05) is 24.3 Å². The molecule has 0 saturated heterocycles. The number of nitrogens with two attached hydrogens (primary N) is 1. The van der Waals surface area contributed by atoms with E-state index in [1.807, 2.05) is 24.3 Å². The molecule has 0 aliphatic heterocycles. The molecule has 0 saturated carbocycles. The number of nitrogens with zero attached hydrogens (tertiary/aromatic N) is 1. The van der Waals surface area contributed by atoms with Crippen LogP contribution in [0.1, 0.15) is 6.42 Å². The van der Waals surface area contributed by atoms with Crippen molar-refractivity contribution in [1.29, 1.82) is 0 Å². The van der Waals surface area contributed by atoms with Crippen molar-refractivity contribution in [2.45, 2.75) is 6.42 Å². The Kier molecular flexibility index (Phi) is 7.05. The van der Waals surface area contributed by atoms with Crippen LogP contribution < -0.4 is 20.1 Å². The summed E-state index contributed by atoms with van der Waals surface area (Å²) in [6.45, 7) is 0.000602. The van der Waals surface area contributed by atoms with Crippen LogP contribution in [-0.2, 0) is 9.59 Å². The van der Waals surface area contributed by atoms with Gasteiger partial charge in [0, 0.05) is 13.0 Å². The van der Waals surface area contributed by atoms with E-state index < -0.39 is 5.91 Å². The lowest BCUT2D eigenvalue weighted by Gasteiger charge is -2.24. The van der Waals surface area contributed by atoms with Crippen LogP contribution in [0.3, 0.4) is 0 Å². The maximum Gasteiger partial charge on any atom is 0.265 e. The van der Waals surface area contributed by atoms with Crippen molar-refractivity contribution in [2.24, 2.45) is 5.73 Å². The zero-order valence-electron chi connectivity index (χ0n) is 13.8. The number of anilines is 1. The topological polar surface area (TPSA) is 81.9 Å². The summed E-state index contributed by atoms with van der Waals surface area (Å²) in [7, 11) is 1.53. The molecule has 25 heavy (non-hydrogen) atoms. The highest BCUT2D eigenvalue weighted by molar-refractivity contribution is 14.1. The quantitative estimate of drug-likeness (QED) is 0.622. The Bertz CT molecular complexity index is 751. The summed E-state index contributed by atoms with van der Waals surface area (Å²) >= 11 is 2.14. The number of hydrogen-bond donors (Lipinski definition) is 1. The standard InChI is InChI=1S/C18H19IN2O4/c1-24-16-9-5-3-7-14(16)21(11-10-17(20)22)18(23)12-25-15-8-4-2-6-13(15)19/h2-9H,10-12H2,1H3,(H2,20,22). The summed E-state index contributed by atoms with van der Waals surface area (Å²) in [5.74, 6) is 0.401. The molecular formula is C18H19IN2O4. The largest absolute Gasteiger partial charge is 0.495 e. The second-order valence-electron chi connectivity index (χ2n) is 5.15. The molecule has 2 aromatic carbocycles. The van der Waals surface area contributed by atoms with Gasteiger partial charge in [-0.2, -0.15) is 0 Å². The number of para-hydroxylation sites is 3. The molecule has 0 heterocycles. The predicted octanol–water partition coefficient (Wildman–Crippen LogP) is 2.59. The van der Waals surface area contributed by atoms with Crippen LogP contribution in [0.2, 0.25) is 0 Å². The van der Waals surface area contributed by atoms with E-state index in [9.17, 15) is 9.59 Å². The fourth-order valence-corrected chi connectivity index (χ4v) is 2.78. The summed E-state index contributed by atoms with van der Waals surface area (Å²) < 4.78 is 11.8. The number of benzene rings is 2. The first-order chi connectivity index (χ1) is 12.0. The molecule has 0 aliphatic carbocycles. The van der Waals surface area contributed by atoms with E-state index in [0.717, 1.165) is 3.57 Å². The Morgan fingerprint density at radius 3 is 2.36 bits per heavy atom. The van der Waals surface area contributed by atoms with Gasteiger partial charge in [-0.05, 0) is 46.9 Å². The van der Waals surface area contributed by atoms with Crippen molar-refractivity contribution in [1.82, 2.24) is 0 Å². The van der Waals surface area contributed by atoms with E-state index in [1.54, 1.807) is 24.3 Å². The van der Waals surface area contributed by atoms with Gasteiger partial charge >= 0.3 is 0 Å². The highest BCUT2D eigenvalue weighted by Crippen LogP contribution is 2.28. The molecule has 0 bridgehead atoms. The summed E-state index contributed by atoms with van der Waals surface area (Å²) in [4.78, 5) is 25.3. The normalized spacial score (nSPS) is 10.2. The van der Waals surface area contributed by atoms with Crippen molar-refractivity contribution < 1.29 is 19.1 Å². The van der Waals surface area contributed by atoms with Gasteiger partial charge in [0.2, 0.25) is 5.91 Å². The van der Waals surface area contributed by atoms with E-state index in [1.165, 1.54) is 12.0 Å². The van der Waals surface area contributed by atoms with Gasteiger partial charge in [0.25, 0.3) is 5.91 Å². The first-order valence-electron chi connectivity index (χ1n) is 7.62. The Morgan fingerprint density at radius 1 is 1.08 bits per heavy atom. The lowest BCUT2D eigenvalue weighted by atomic mass is 10.2. The number of carbonyl (C=O) groups excluding carboxylic acids is 2. The summed E-state index contributed by atoms with van der Waals surface area (Å²) in [5, 5.41) is 0. The zero-order valence-corrected chi connectivity index (χ0v) is 15.9. The number of primary amides is 1. The van der Waals surface area contributed by atoms with Gasteiger partial charge in [-0.15, -0.1) is 0 Å². The molecule has 6 nitrogen and oxygen atoms in total. The summed E-state index contributed by atoms with van der Waals surface area (Å²) in [6.07, 6.45) is 0.0483. The molecule has 0 unspecified atom stereocenters. The number of hydrogen-bond acceptors (Lipinski definition) is 4. The van der Waals surface area contributed by atoms with Crippen molar-refractivity contribution in [3.05, 3.63) is 52.1 Å². The highest BCUT2D eigenvalue weighted by Gasteiger charge is 2.20.